The van der Waals surface area contributed by atoms with Crippen LogP contribution in [0.25, 0.3) is 0 Å². The van der Waals surface area contributed by atoms with Crippen LogP contribution in [0.15, 0.2) is 24.3 Å². The molecule has 2 nitrogen and oxygen atoms in total. The number of likely N-dealkylation sites (N-methyl/N-ethyl adjacent to an activating group) is 1. The zero-order valence-electron chi connectivity index (χ0n) is 12.1. The fraction of sp³-hybridized carbons (Fsp3) is 0.647. The second kappa shape index (κ2) is 6.06. The molecule has 1 aliphatic carbocycles. The zero-order valence-corrected chi connectivity index (χ0v) is 12.1. The van der Waals surface area contributed by atoms with Gasteiger partial charge in [-0.1, -0.05) is 31.2 Å². The Hall–Kier alpha value is -0.860. The van der Waals surface area contributed by atoms with Crippen molar-refractivity contribution in [2.24, 2.45) is 5.92 Å². The molecule has 0 unspecified atom stereocenters. The van der Waals surface area contributed by atoms with Crippen molar-refractivity contribution in [2.45, 2.75) is 38.6 Å². The molecule has 0 bridgehead atoms. The van der Waals surface area contributed by atoms with Gasteiger partial charge in [0.25, 0.3) is 0 Å². The third kappa shape index (κ3) is 3.01. The van der Waals surface area contributed by atoms with Crippen LogP contribution < -0.4 is 5.32 Å². The highest BCUT2D eigenvalue weighted by Crippen LogP contribution is 2.26. The number of benzene rings is 1. The summed E-state index contributed by atoms with van der Waals surface area (Å²) in [5.41, 5.74) is 3.16. The Kier molecular flexibility index (Phi) is 4.19. The lowest BCUT2D eigenvalue weighted by Crippen LogP contribution is -2.42. The first-order valence-corrected chi connectivity index (χ1v) is 7.88. The van der Waals surface area contributed by atoms with E-state index in [2.05, 4.69) is 41.4 Å². The van der Waals surface area contributed by atoms with Crippen LogP contribution in [0.5, 0.6) is 0 Å². The molecule has 1 saturated heterocycles. The molecule has 1 aromatic carbocycles. The topological polar surface area (TPSA) is 15.3 Å². The predicted molar refractivity (Wildman–Crippen MR) is 80.5 cm³/mol. The highest BCUT2D eigenvalue weighted by Gasteiger charge is 2.27. The van der Waals surface area contributed by atoms with Gasteiger partial charge in [0.05, 0.1) is 0 Å². The van der Waals surface area contributed by atoms with E-state index < -0.39 is 0 Å². The van der Waals surface area contributed by atoms with E-state index in [1.54, 1.807) is 11.1 Å². The maximum atomic E-state index is 3.47. The smallest absolute Gasteiger partial charge is 0.0176 e. The van der Waals surface area contributed by atoms with Gasteiger partial charge in [0.1, 0.15) is 0 Å². The van der Waals surface area contributed by atoms with Gasteiger partial charge in [-0.25, -0.2) is 0 Å². The second-order valence-electron chi connectivity index (χ2n) is 6.11. The third-order valence-electron chi connectivity index (χ3n) is 4.90. The molecular weight excluding hydrogens is 232 g/mol. The summed E-state index contributed by atoms with van der Waals surface area (Å²) in [6.45, 7) is 7.25. The van der Waals surface area contributed by atoms with E-state index in [0.29, 0.717) is 0 Å². The first-order valence-electron chi connectivity index (χ1n) is 7.88. The molecule has 1 fully saturated rings. The van der Waals surface area contributed by atoms with Crippen molar-refractivity contribution in [3.05, 3.63) is 35.4 Å². The normalized spacial score (nSPS) is 20.9. The molecule has 0 radical (unpaired) electrons. The molecule has 0 spiro atoms. The van der Waals surface area contributed by atoms with E-state index in [1.807, 2.05) is 0 Å². The van der Waals surface area contributed by atoms with Gasteiger partial charge in [-0.3, -0.25) is 4.90 Å². The predicted octanol–water partition coefficient (Wildman–Crippen LogP) is 2.48. The zero-order chi connectivity index (χ0) is 13.1. The van der Waals surface area contributed by atoms with E-state index >= 15 is 0 Å². The van der Waals surface area contributed by atoms with Crippen LogP contribution in [0.1, 0.15) is 30.9 Å². The van der Waals surface area contributed by atoms with Crippen molar-refractivity contribution >= 4 is 0 Å². The molecular formula is C17H26N2. The van der Waals surface area contributed by atoms with Gasteiger partial charge in [-0.05, 0) is 62.4 Å². The standard InChI is InChI=1S/C17H26N2/c1-2-19(13-14-7-9-18-10-8-14)17-11-15-5-3-4-6-16(15)12-17/h3-6,14,17-18H,2,7-13H2,1H3. The molecule has 1 N–H and O–H groups in total. The molecule has 104 valence electrons. The van der Waals surface area contributed by atoms with Crippen molar-refractivity contribution in [1.29, 1.82) is 0 Å². The van der Waals surface area contributed by atoms with Gasteiger partial charge in [0, 0.05) is 12.6 Å². The van der Waals surface area contributed by atoms with Gasteiger partial charge in [-0.2, -0.15) is 0 Å². The van der Waals surface area contributed by atoms with Crippen LogP contribution in [-0.4, -0.2) is 37.1 Å². The maximum Gasteiger partial charge on any atom is 0.0176 e. The molecule has 2 aliphatic rings. The minimum atomic E-state index is 0.747. The molecule has 0 amide bonds. The van der Waals surface area contributed by atoms with Crippen molar-refractivity contribution in [3.63, 3.8) is 0 Å². The largest absolute Gasteiger partial charge is 0.317 e. The van der Waals surface area contributed by atoms with Crippen LogP contribution in [0.2, 0.25) is 0 Å². The molecule has 1 heterocycles. The molecule has 1 aliphatic heterocycles. The summed E-state index contributed by atoms with van der Waals surface area (Å²) in [6, 6.07) is 9.74. The van der Waals surface area contributed by atoms with E-state index in [-0.39, 0.29) is 0 Å². The van der Waals surface area contributed by atoms with Crippen LogP contribution in [0.3, 0.4) is 0 Å². The van der Waals surface area contributed by atoms with Gasteiger partial charge in [-0.15, -0.1) is 0 Å². The summed E-state index contributed by atoms with van der Waals surface area (Å²) >= 11 is 0. The lowest BCUT2D eigenvalue weighted by atomic mass is 9.96. The van der Waals surface area contributed by atoms with E-state index in [0.717, 1.165) is 12.0 Å². The Labute approximate surface area is 117 Å². The molecule has 0 atom stereocenters. The Balaban J connectivity index is 1.61. The molecule has 19 heavy (non-hydrogen) atoms. The van der Waals surface area contributed by atoms with Gasteiger partial charge in [0.2, 0.25) is 0 Å². The highest BCUT2D eigenvalue weighted by atomic mass is 15.2. The fourth-order valence-electron chi connectivity index (χ4n) is 3.73. The summed E-state index contributed by atoms with van der Waals surface area (Å²) in [5, 5.41) is 3.47. The molecule has 2 heteroatoms. The van der Waals surface area contributed by atoms with E-state index in [1.165, 1.54) is 51.9 Å². The number of nitrogens with one attached hydrogen (secondary N) is 1. The lowest BCUT2D eigenvalue weighted by molar-refractivity contribution is 0.163. The van der Waals surface area contributed by atoms with E-state index in [9.17, 15) is 0 Å². The molecule has 1 aromatic rings. The minimum absolute atomic E-state index is 0.747. The number of piperidine rings is 1. The fourth-order valence-corrected chi connectivity index (χ4v) is 3.73. The van der Waals surface area contributed by atoms with Crippen LogP contribution in [0, 0.1) is 5.92 Å². The summed E-state index contributed by atoms with van der Waals surface area (Å²) < 4.78 is 0. The van der Waals surface area contributed by atoms with Crippen molar-refractivity contribution in [3.8, 4) is 0 Å². The quantitative estimate of drug-likeness (QED) is 0.892. The summed E-state index contributed by atoms with van der Waals surface area (Å²) in [4.78, 5) is 2.73. The minimum Gasteiger partial charge on any atom is -0.317 e. The van der Waals surface area contributed by atoms with Crippen LogP contribution in [0.4, 0.5) is 0 Å². The Bertz CT molecular complexity index is 384. The summed E-state index contributed by atoms with van der Waals surface area (Å²) in [5.74, 6) is 0.907. The number of hydrogen-bond donors (Lipinski definition) is 1. The number of hydrogen-bond acceptors (Lipinski definition) is 2. The number of nitrogens with zero attached hydrogens (tertiary/aromatic N) is 1. The average Bonchev–Trinajstić information content (AvgIpc) is 2.89. The van der Waals surface area contributed by atoms with E-state index in [4.69, 9.17) is 0 Å². The monoisotopic (exact) mass is 258 g/mol. The molecule has 0 aromatic heterocycles. The van der Waals surface area contributed by atoms with Gasteiger partial charge >= 0.3 is 0 Å². The Morgan fingerprint density at radius 2 is 1.74 bits per heavy atom. The van der Waals surface area contributed by atoms with Crippen molar-refractivity contribution in [2.75, 3.05) is 26.2 Å². The number of rotatable bonds is 4. The van der Waals surface area contributed by atoms with Crippen LogP contribution in [-0.2, 0) is 12.8 Å². The molecule has 3 rings (SSSR count). The van der Waals surface area contributed by atoms with Crippen LogP contribution >= 0.6 is 0 Å². The summed E-state index contributed by atoms with van der Waals surface area (Å²) in [7, 11) is 0. The number of fused-ring (bicyclic) bond motifs is 1. The van der Waals surface area contributed by atoms with Crippen molar-refractivity contribution in [1.82, 2.24) is 10.2 Å². The highest BCUT2D eigenvalue weighted by molar-refractivity contribution is 5.33. The second-order valence-corrected chi connectivity index (χ2v) is 6.11. The lowest BCUT2D eigenvalue weighted by Gasteiger charge is -2.33. The first-order chi connectivity index (χ1) is 9.36. The van der Waals surface area contributed by atoms with Crippen molar-refractivity contribution < 1.29 is 0 Å². The average molecular weight is 258 g/mol. The SMILES string of the molecule is CCN(CC1CCNCC1)C1Cc2ccccc2C1. The first kappa shape index (κ1) is 13.1. The third-order valence-corrected chi connectivity index (χ3v) is 4.90. The molecule has 0 saturated carbocycles. The van der Waals surface area contributed by atoms with Gasteiger partial charge in [0.15, 0.2) is 0 Å². The Morgan fingerprint density at radius 1 is 1.11 bits per heavy atom. The summed E-state index contributed by atoms with van der Waals surface area (Å²) in [6.07, 6.45) is 5.23. The maximum absolute atomic E-state index is 3.47. The van der Waals surface area contributed by atoms with Gasteiger partial charge < -0.3 is 5.32 Å². The Morgan fingerprint density at radius 3 is 2.32 bits per heavy atom.